The number of allylic oxidation sites excluding steroid dienone is 1. The summed E-state index contributed by atoms with van der Waals surface area (Å²) >= 11 is 0. The number of amides is 1. The van der Waals surface area contributed by atoms with Crippen molar-refractivity contribution in [2.24, 2.45) is 0 Å². The molecule has 35 heavy (non-hydrogen) atoms. The molecule has 1 aromatic carbocycles. The molecule has 0 spiro atoms. The Hall–Kier alpha value is -2.88. The van der Waals surface area contributed by atoms with Gasteiger partial charge in [-0.3, -0.25) is 14.6 Å². The highest BCUT2D eigenvalue weighted by molar-refractivity contribution is 5.92. The zero-order chi connectivity index (χ0) is 24.6. The number of ether oxygens (including phenoxy) is 1. The van der Waals surface area contributed by atoms with Crippen molar-refractivity contribution in [1.82, 2.24) is 19.7 Å². The van der Waals surface area contributed by atoms with Gasteiger partial charge in [0.2, 0.25) is 5.89 Å². The minimum atomic E-state index is -0.308. The van der Waals surface area contributed by atoms with Crippen molar-refractivity contribution >= 4 is 11.6 Å². The molecule has 1 unspecified atom stereocenters. The lowest BCUT2D eigenvalue weighted by Crippen LogP contribution is -2.49. The maximum absolute atomic E-state index is 13.0. The Morgan fingerprint density at radius 2 is 1.91 bits per heavy atom. The molecular formula is C26H37N5O4. The molecule has 2 saturated heterocycles. The molecule has 1 amide bonds. The zero-order valence-corrected chi connectivity index (χ0v) is 20.6. The van der Waals surface area contributed by atoms with Gasteiger partial charge in [0.05, 0.1) is 19.8 Å². The van der Waals surface area contributed by atoms with E-state index in [-0.39, 0.29) is 12.0 Å². The van der Waals surface area contributed by atoms with Crippen LogP contribution in [0.3, 0.4) is 0 Å². The summed E-state index contributed by atoms with van der Waals surface area (Å²) in [4.78, 5) is 26.1. The van der Waals surface area contributed by atoms with E-state index in [2.05, 4.69) is 32.3 Å². The topological polar surface area (TPSA) is 85.5 Å². The van der Waals surface area contributed by atoms with Crippen LogP contribution in [-0.4, -0.2) is 103 Å². The van der Waals surface area contributed by atoms with Gasteiger partial charge in [-0.15, -0.1) is 6.58 Å². The molecule has 2 aliphatic heterocycles. The van der Waals surface area contributed by atoms with E-state index >= 15 is 0 Å². The van der Waals surface area contributed by atoms with Crippen LogP contribution in [0.15, 0.2) is 47.6 Å². The second kappa shape index (κ2) is 12.2. The van der Waals surface area contributed by atoms with Crippen LogP contribution < -0.4 is 9.64 Å². The summed E-state index contributed by atoms with van der Waals surface area (Å²) < 4.78 is 11.0. The number of piperazine rings is 2. The average Bonchev–Trinajstić information content (AvgIpc) is 3.36. The molecular weight excluding hydrogens is 446 g/mol. The number of nitrogens with zero attached hydrogens (tertiary/aromatic N) is 5. The number of carbonyl (C=O) groups excluding carboxylic acids is 1. The average molecular weight is 484 g/mol. The Bertz CT molecular complexity index is 964. The molecule has 2 fully saturated rings. The van der Waals surface area contributed by atoms with Crippen LogP contribution in [0.5, 0.6) is 5.75 Å². The van der Waals surface area contributed by atoms with Crippen molar-refractivity contribution < 1.29 is 19.1 Å². The molecule has 1 atom stereocenters. The number of hydrogen-bond donors (Lipinski definition) is 1. The van der Waals surface area contributed by atoms with Gasteiger partial charge in [-0.05, 0) is 25.0 Å². The summed E-state index contributed by atoms with van der Waals surface area (Å²) in [6.07, 6.45) is 4.62. The molecule has 0 radical (unpaired) electrons. The number of oxazole rings is 1. The van der Waals surface area contributed by atoms with Gasteiger partial charge in [0.1, 0.15) is 12.0 Å². The van der Waals surface area contributed by atoms with Gasteiger partial charge in [-0.2, -0.15) is 0 Å². The highest BCUT2D eigenvalue weighted by Crippen LogP contribution is 2.22. The predicted molar refractivity (Wildman–Crippen MR) is 135 cm³/mol. The second-order valence-corrected chi connectivity index (χ2v) is 9.20. The molecule has 1 aromatic heterocycles. The fraction of sp³-hybridized carbons (Fsp3) is 0.538. The number of aliphatic hydroxyl groups excluding tert-OH is 1. The Morgan fingerprint density at radius 1 is 1.17 bits per heavy atom. The third-order valence-electron chi connectivity index (χ3n) is 6.75. The van der Waals surface area contributed by atoms with Crippen LogP contribution in [0.4, 0.5) is 5.69 Å². The minimum absolute atomic E-state index is 0.0800. The normalized spacial score (nSPS) is 18.5. The highest BCUT2D eigenvalue weighted by Gasteiger charge is 2.26. The predicted octanol–water partition coefficient (Wildman–Crippen LogP) is 2.09. The van der Waals surface area contributed by atoms with Crippen LogP contribution in [0.25, 0.3) is 0 Å². The first kappa shape index (κ1) is 25.2. The number of aliphatic hydroxyl groups is 1. The molecule has 9 nitrogen and oxygen atoms in total. The molecule has 0 bridgehead atoms. The van der Waals surface area contributed by atoms with Crippen LogP contribution in [-0.2, 0) is 6.54 Å². The monoisotopic (exact) mass is 483 g/mol. The summed E-state index contributed by atoms with van der Waals surface area (Å²) in [5, 5.41) is 10.1. The highest BCUT2D eigenvalue weighted by atomic mass is 16.5. The number of β-amino-alcohol motifs (C(OH)–C–C–N with tert-alkyl or cyclic N) is 1. The first-order valence-electron chi connectivity index (χ1n) is 12.4. The third kappa shape index (κ3) is 6.84. The Balaban J connectivity index is 1.22. The van der Waals surface area contributed by atoms with E-state index in [0.29, 0.717) is 37.8 Å². The quantitative estimate of drug-likeness (QED) is 0.515. The lowest BCUT2D eigenvalue weighted by Gasteiger charge is -2.35. The number of rotatable bonds is 10. The van der Waals surface area contributed by atoms with Gasteiger partial charge in [0.15, 0.2) is 5.69 Å². The Labute approximate surface area is 207 Å². The van der Waals surface area contributed by atoms with Gasteiger partial charge in [-0.25, -0.2) is 4.98 Å². The fourth-order valence-corrected chi connectivity index (χ4v) is 4.64. The zero-order valence-electron chi connectivity index (χ0n) is 20.6. The smallest absolute Gasteiger partial charge is 0.275 e. The van der Waals surface area contributed by atoms with Crippen LogP contribution in [0.2, 0.25) is 0 Å². The number of carbonyl (C=O) groups is 1. The molecule has 3 heterocycles. The summed E-state index contributed by atoms with van der Waals surface area (Å²) in [5.74, 6) is 1.32. The molecule has 0 saturated carbocycles. The van der Waals surface area contributed by atoms with Crippen LogP contribution in [0, 0.1) is 0 Å². The third-order valence-corrected chi connectivity index (χ3v) is 6.75. The molecule has 2 aliphatic rings. The summed E-state index contributed by atoms with van der Waals surface area (Å²) in [6.45, 7) is 11.4. The maximum atomic E-state index is 13.0. The minimum Gasteiger partial charge on any atom is -0.497 e. The summed E-state index contributed by atoms with van der Waals surface area (Å²) in [5.41, 5.74) is 1.48. The molecule has 0 aliphatic carbocycles. The van der Waals surface area contributed by atoms with Crippen LogP contribution >= 0.6 is 0 Å². The standard InChI is InChI=1S/C26H37N5O4/c1-3-4-7-22(32)18-28-9-11-29(12-10-28)19-25-27-24(20-35-25)26(33)31-15-13-30(14-16-31)21-6-5-8-23(17-21)34-2/h3,5-6,8,17,20,22,32H,1,4,7,9-16,18-19H2,2H3. The first-order valence-corrected chi connectivity index (χ1v) is 12.4. The molecule has 190 valence electrons. The van der Waals surface area contributed by atoms with E-state index in [4.69, 9.17) is 9.15 Å². The molecule has 4 rings (SSSR count). The molecule has 2 aromatic rings. The Morgan fingerprint density at radius 3 is 2.63 bits per heavy atom. The number of hydrogen-bond acceptors (Lipinski definition) is 8. The van der Waals surface area contributed by atoms with Crippen molar-refractivity contribution in [3.63, 3.8) is 0 Å². The van der Waals surface area contributed by atoms with Gasteiger partial charge in [0, 0.05) is 70.7 Å². The largest absolute Gasteiger partial charge is 0.497 e. The number of methoxy groups -OCH3 is 1. The second-order valence-electron chi connectivity index (χ2n) is 9.20. The van der Waals surface area contributed by atoms with E-state index in [1.165, 1.54) is 6.26 Å². The van der Waals surface area contributed by atoms with Crippen LogP contribution in [0.1, 0.15) is 29.2 Å². The molecule has 9 heteroatoms. The maximum Gasteiger partial charge on any atom is 0.275 e. The summed E-state index contributed by atoms with van der Waals surface area (Å²) in [6, 6.07) is 8.00. The summed E-state index contributed by atoms with van der Waals surface area (Å²) in [7, 11) is 1.67. The Kier molecular flexibility index (Phi) is 8.79. The number of aromatic nitrogens is 1. The van der Waals surface area contributed by atoms with E-state index < -0.39 is 0 Å². The van der Waals surface area contributed by atoms with Crippen molar-refractivity contribution in [3.8, 4) is 5.75 Å². The lowest BCUT2D eigenvalue weighted by molar-refractivity contribution is 0.0642. The van der Waals surface area contributed by atoms with E-state index in [9.17, 15) is 9.90 Å². The van der Waals surface area contributed by atoms with Crippen molar-refractivity contribution in [3.05, 3.63) is 54.8 Å². The van der Waals surface area contributed by atoms with Crippen molar-refractivity contribution in [2.45, 2.75) is 25.5 Å². The SMILES string of the molecule is C=CCCC(O)CN1CCN(Cc2nc(C(=O)N3CCN(c4cccc(OC)c4)CC3)co2)CC1. The van der Waals surface area contributed by atoms with E-state index in [0.717, 1.165) is 63.5 Å². The fourth-order valence-electron chi connectivity index (χ4n) is 4.64. The van der Waals surface area contributed by atoms with Gasteiger partial charge in [-0.1, -0.05) is 12.1 Å². The number of benzene rings is 1. The first-order chi connectivity index (χ1) is 17.1. The van der Waals surface area contributed by atoms with E-state index in [1.54, 1.807) is 7.11 Å². The van der Waals surface area contributed by atoms with Crippen molar-refractivity contribution in [2.75, 3.05) is 70.9 Å². The van der Waals surface area contributed by atoms with E-state index in [1.807, 2.05) is 29.2 Å². The van der Waals surface area contributed by atoms with Gasteiger partial charge >= 0.3 is 0 Å². The number of anilines is 1. The van der Waals surface area contributed by atoms with Gasteiger partial charge < -0.3 is 24.1 Å². The van der Waals surface area contributed by atoms with Gasteiger partial charge in [0.25, 0.3) is 5.91 Å². The lowest BCUT2D eigenvalue weighted by atomic mass is 10.1. The van der Waals surface area contributed by atoms with Crippen molar-refractivity contribution in [1.29, 1.82) is 0 Å². The molecule has 1 N–H and O–H groups in total.